The SMILES string of the molecule is CCCCCOc1cc(C)nc2c(-c3c(C)cc(C)cc3C)sc(C)c12. The molecule has 26 heavy (non-hydrogen) atoms. The number of ether oxygens (including phenoxy) is 1. The van der Waals surface area contributed by atoms with E-state index in [0.717, 1.165) is 30.0 Å². The van der Waals surface area contributed by atoms with Gasteiger partial charge in [-0.15, -0.1) is 11.3 Å². The van der Waals surface area contributed by atoms with Gasteiger partial charge in [0, 0.05) is 16.6 Å². The second-order valence-corrected chi connectivity index (χ2v) is 8.53. The number of unbranched alkanes of at least 4 members (excludes halogenated alkanes) is 2. The molecule has 3 heteroatoms. The van der Waals surface area contributed by atoms with E-state index in [1.165, 1.54) is 50.2 Å². The Kier molecular flexibility index (Phi) is 5.67. The molecule has 3 aromatic rings. The smallest absolute Gasteiger partial charge is 0.131 e. The minimum absolute atomic E-state index is 0.777. The van der Waals surface area contributed by atoms with Crippen LogP contribution in [0.1, 0.15) is 53.4 Å². The van der Waals surface area contributed by atoms with Gasteiger partial charge in [-0.25, -0.2) is 0 Å². The van der Waals surface area contributed by atoms with Gasteiger partial charge in [0.15, 0.2) is 0 Å². The average molecular weight is 368 g/mol. The Morgan fingerprint density at radius 1 is 0.962 bits per heavy atom. The van der Waals surface area contributed by atoms with Crippen LogP contribution in [0, 0.1) is 34.6 Å². The lowest BCUT2D eigenvalue weighted by molar-refractivity contribution is 0.309. The highest BCUT2D eigenvalue weighted by Gasteiger charge is 2.19. The van der Waals surface area contributed by atoms with Gasteiger partial charge in [0.05, 0.1) is 22.4 Å². The number of thiophene rings is 1. The summed E-state index contributed by atoms with van der Waals surface area (Å²) in [6.07, 6.45) is 3.52. The molecular weight excluding hydrogens is 338 g/mol. The maximum Gasteiger partial charge on any atom is 0.131 e. The first-order chi connectivity index (χ1) is 12.4. The first-order valence-corrected chi connectivity index (χ1v) is 10.4. The predicted molar refractivity (Wildman–Crippen MR) is 114 cm³/mol. The van der Waals surface area contributed by atoms with Crippen LogP contribution in [0.25, 0.3) is 21.3 Å². The van der Waals surface area contributed by atoms with Crippen LogP contribution >= 0.6 is 11.3 Å². The molecule has 0 spiro atoms. The minimum atomic E-state index is 0.777. The molecule has 0 saturated carbocycles. The maximum absolute atomic E-state index is 6.18. The van der Waals surface area contributed by atoms with Gasteiger partial charge in [-0.05, 0) is 57.7 Å². The van der Waals surface area contributed by atoms with E-state index in [1.54, 1.807) is 0 Å². The first-order valence-electron chi connectivity index (χ1n) is 9.54. The summed E-state index contributed by atoms with van der Waals surface area (Å²) in [6, 6.07) is 6.62. The predicted octanol–water partition coefficient (Wildman–Crippen LogP) is 7.07. The highest BCUT2D eigenvalue weighted by molar-refractivity contribution is 7.17. The van der Waals surface area contributed by atoms with Crippen LogP contribution < -0.4 is 4.74 Å². The fourth-order valence-electron chi connectivity index (χ4n) is 3.76. The van der Waals surface area contributed by atoms with Gasteiger partial charge in [0.1, 0.15) is 5.75 Å². The van der Waals surface area contributed by atoms with E-state index in [-0.39, 0.29) is 0 Å². The summed E-state index contributed by atoms with van der Waals surface area (Å²) in [4.78, 5) is 7.47. The topological polar surface area (TPSA) is 22.1 Å². The van der Waals surface area contributed by atoms with Gasteiger partial charge in [0.2, 0.25) is 0 Å². The van der Waals surface area contributed by atoms with Gasteiger partial charge in [-0.3, -0.25) is 4.98 Å². The van der Waals surface area contributed by atoms with Crippen LogP contribution in [0.15, 0.2) is 18.2 Å². The molecule has 0 N–H and O–H groups in total. The van der Waals surface area contributed by atoms with Crippen molar-refractivity contribution in [3.05, 3.63) is 45.5 Å². The average Bonchev–Trinajstić information content (AvgIpc) is 2.87. The summed E-state index contributed by atoms with van der Waals surface area (Å²) in [5.41, 5.74) is 7.38. The Hall–Kier alpha value is -1.87. The highest BCUT2D eigenvalue weighted by Crippen LogP contribution is 2.44. The van der Waals surface area contributed by atoms with Gasteiger partial charge >= 0.3 is 0 Å². The monoisotopic (exact) mass is 367 g/mol. The van der Waals surface area contributed by atoms with Crippen LogP contribution in [0.4, 0.5) is 0 Å². The van der Waals surface area contributed by atoms with Crippen LogP contribution in [0.5, 0.6) is 5.75 Å². The van der Waals surface area contributed by atoms with Crippen molar-refractivity contribution in [2.75, 3.05) is 6.61 Å². The Bertz CT molecular complexity index is 916. The first kappa shape index (κ1) is 18.9. The number of nitrogens with zero attached hydrogens (tertiary/aromatic N) is 1. The molecule has 0 unspecified atom stereocenters. The molecule has 0 radical (unpaired) electrons. The Labute approximate surface area is 161 Å². The second kappa shape index (κ2) is 7.79. The molecule has 1 aromatic carbocycles. The summed E-state index contributed by atoms with van der Waals surface area (Å²) in [7, 11) is 0. The zero-order valence-corrected chi connectivity index (χ0v) is 17.6. The molecule has 0 amide bonds. The lowest BCUT2D eigenvalue weighted by atomic mass is 9.97. The quantitative estimate of drug-likeness (QED) is 0.434. The number of benzene rings is 1. The molecule has 0 saturated heterocycles. The third kappa shape index (κ3) is 3.64. The normalized spacial score (nSPS) is 11.3. The van der Waals surface area contributed by atoms with Gasteiger partial charge in [-0.1, -0.05) is 37.5 Å². The molecule has 0 aliphatic heterocycles. The lowest BCUT2D eigenvalue weighted by Crippen LogP contribution is -1.99. The van der Waals surface area contributed by atoms with Crippen LogP contribution in [-0.4, -0.2) is 11.6 Å². The van der Waals surface area contributed by atoms with Gasteiger partial charge in [0.25, 0.3) is 0 Å². The molecule has 138 valence electrons. The van der Waals surface area contributed by atoms with E-state index in [1.807, 2.05) is 11.3 Å². The van der Waals surface area contributed by atoms with Crippen molar-refractivity contribution in [1.29, 1.82) is 0 Å². The van der Waals surface area contributed by atoms with Crippen molar-refractivity contribution in [2.45, 2.75) is 60.8 Å². The zero-order chi connectivity index (χ0) is 18.8. The van der Waals surface area contributed by atoms with E-state index in [4.69, 9.17) is 9.72 Å². The van der Waals surface area contributed by atoms with Crippen molar-refractivity contribution in [1.82, 2.24) is 4.98 Å². The largest absolute Gasteiger partial charge is 0.493 e. The molecule has 2 heterocycles. The third-order valence-electron chi connectivity index (χ3n) is 4.84. The lowest BCUT2D eigenvalue weighted by Gasteiger charge is -2.12. The molecular formula is C23H29NOS. The molecule has 3 rings (SSSR count). The highest BCUT2D eigenvalue weighted by atomic mass is 32.1. The van der Waals surface area contributed by atoms with Crippen molar-refractivity contribution in [3.63, 3.8) is 0 Å². The van der Waals surface area contributed by atoms with Gasteiger partial charge < -0.3 is 4.74 Å². The van der Waals surface area contributed by atoms with E-state index in [0.29, 0.717) is 0 Å². The van der Waals surface area contributed by atoms with Crippen LogP contribution in [-0.2, 0) is 0 Å². The fourth-order valence-corrected chi connectivity index (χ4v) is 5.03. The number of fused-ring (bicyclic) bond motifs is 1. The molecule has 2 nitrogen and oxygen atoms in total. The molecule has 0 aliphatic rings. The summed E-state index contributed by atoms with van der Waals surface area (Å²) in [5.74, 6) is 0.992. The second-order valence-electron chi connectivity index (χ2n) is 7.30. The summed E-state index contributed by atoms with van der Waals surface area (Å²) in [6.45, 7) is 13.8. The van der Waals surface area contributed by atoms with Crippen LogP contribution in [0.3, 0.4) is 0 Å². The number of hydrogen-bond acceptors (Lipinski definition) is 3. The van der Waals surface area contributed by atoms with Crippen LogP contribution in [0.2, 0.25) is 0 Å². The number of aryl methyl sites for hydroxylation is 5. The summed E-state index contributed by atoms with van der Waals surface area (Å²) >= 11 is 1.84. The minimum Gasteiger partial charge on any atom is -0.493 e. The number of aromatic nitrogens is 1. The van der Waals surface area contributed by atoms with Crippen molar-refractivity contribution >= 4 is 22.2 Å². The molecule has 0 fully saturated rings. The number of pyridine rings is 1. The van der Waals surface area contributed by atoms with Crippen molar-refractivity contribution < 1.29 is 4.74 Å². The summed E-state index contributed by atoms with van der Waals surface area (Å²) in [5, 5.41) is 1.19. The third-order valence-corrected chi connectivity index (χ3v) is 5.96. The van der Waals surface area contributed by atoms with Crippen molar-refractivity contribution in [2.24, 2.45) is 0 Å². The summed E-state index contributed by atoms with van der Waals surface area (Å²) < 4.78 is 6.18. The number of rotatable bonds is 6. The molecule has 0 atom stereocenters. The Balaban J connectivity index is 2.14. The molecule has 0 bridgehead atoms. The fraction of sp³-hybridized carbons (Fsp3) is 0.435. The van der Waals surface area contributed by atoms with Crippen molar-refractivity contribution in [3.8, 4) is 16.2 Å². The Morgan fingerprint density at radius 3 is 2.31 bits per heavy atom. The van der Waals surface area contributed by atoms with E-state index < -0.39 is 0 Å². The van der Waals surface area contributed by atoms with Gasteiger partial charge in [-0.2, -0.15) is 0 Å². The standard InChI is InChI=1S/C23H29NOS/c1-7-8-9-10-25-19-13-17(5)24-22-21(19)18(6)26-23(22)20-15(3)11-14(2)12-16(20)4/h11-13H,7-10H2,1-6H3. The van der Waals surface area contributed by atoms with E-state index in [2.05, 4.69) is 59.7 Å². The molecule has 2 aromatic heterocycles. The number of hydrogen-bond donors (Lipinski definition) is 0. The van der Waals surface area contributed by atoms with E-state index >= 15 is 0 Å². The van der Waals surface area contributed by atoms with E-state index in [9.17, 15) is 0 Å². The molecule has 0 aliphatic carbocycles. The zero-order valence-electron chi connectivity index (χ0n) is 16.8. The maximum atomic E-state index is 6.18. The Morgan fingerprint density at radius 2 is 1.65 bits per heavy atom.